The van der Waals surface area contributed by atoms with Crippen LogP contribution < -0.4 is 15.8 Å². The second kappa shape index (κ2) is 6.91. The minimum absolute atomic E-state index is 0.0925. The van der Waals surface area contributed by atoms with Crippen molar-refractivity contribution in [3.8, 4) is 5.75 Å². The first-order chi connectivity index (χ1) is 8.17. The van der Waals surface area contributed by atoms with Crippen LogP contribution in [0.15, 0.2) is 24.3 Å². The molecule has 0 bridgehead atoms. The lowest BCUT2D eigenvalue weighted by molar-refractivity contribution is -0.114. The third-order valence-electron chi connectivity index (χ3n) is 2.44. The van der Waals surface area contributed by atoms with Gasteiger partial charge in [0.05, 0.1) is 11.8 Å². The summed E-state index contributed by atoms with van der Waals surface area (Å²) in [6.07, 6.45) is 1.80. The van der Waals surface area contributed by atoms with Gasteiger partial charge < -0.3 is 15.8 Å². The molecule has 0 saturated carbocycles. The summed E-state index contributed by atoms with van der Waals surface area (Å²) < 4.78 is 5.84. The van der Waals surface area contributed by atoms with Crippen LogP contribution in [0.5, 0.6) is 5.75 Å². The topological polar surface area (TPSA) is 64.3 Å². The van der Waals surface area contributed by atoms with Crippen molar-refractivity contribution in [2.75, 3.05) is 11.9 Å². The lowest BCUT2D eigenvalue weighted by Gasteiger charge is -2.19. The maximum Gasteiger partial charge on any atom is 0.221 e. The molecule has 0 spiro atoms. The number of nitrogens with two attached hydrogens (primary N) is 1. The number of carbonyl (C=O) groups is 1. The predicted molar refractivity (Wildman–Crippen MR) is 69.1 cm³/mol. The van der Waals surface area contributed by atoms with E-state index in [9.17, 15) is 4.79 Å². The summed E-state index contributed by atoms with van der Waals surface area (Å²) in [4.78, 5) is 11.1. The molecule has 0 heterocycles. The van der Waals surface area contributed by atoms with E-state index in [1.54, 1.807) is 0 Å². The number of hydrogen-bond donors (Lipinski definition) is 2. The Morgan fingerprint density at radius 1 is 1.47 bits per heavy atom. The van der Waals surface area contributed by atoms with E-state index in [2.05, 4.69) is 12.2 Å². The molecular formula is C13H20N2O2. The van der Waals surface area contributed by atoms with Gasteiger partial charge in [0.25, 0.3) is 0 Å². The molecular weight excluding hydrogens is 216 g/mol. The largest absolute Gasteiger partial charge is 0.488 e. The van der Waals surface area contributed by atoms with Crippen molar-refractivity contribution in [3.63, 3.8) is 0 Å². The van der Waals surface area contributed by atoms with Gasteiger partial charge >= 0.3 is 0 Å². The van der Waals surface area contributed by atoms with Gasteiger partial charge in [0, 0.05) is 6.92 Å². The lowest BCUT2D eigenvalue weighted by atomic mass is 10.2. The smallest absolute Gasteiger partial charge is 0.221 e. The van der Waals surface area contributed by atoms with Crippen molar-refractivity contribution >= 4 is 11.6 Å². The summed E-state index contributed by atoms with van der Waals surface area (Å²) in [5, 5.41) is 2.75. The molecule has 0 aliphatic rings. The second-order valence-corrected chi connectivity index (χ2v) is 3.90. The molecule has 1 aromatic carbocycles. The zero-order valence-electron chi connectivity index (χ0n) is 10.4. The van der Waals surface area contributed by atoms with Crippen molar-refractivity contribution in [2.24, 2.45) is 5.73 Å². The zero-order chi connectivity index (χ0) is 12.7. The molecule has 0 aliphatic carbocycles. The minimum atomic E-state index is -0.104. The number of amides is 1. The van der Waals surface area contributed by atoms with Crippen molar-refractivity contribution < 1.29 is 9.53 Å². The van der Waals surface area contributed by atoms with E-state index in [1.165, 1.54) is 6.92 Å². The standard InChI is InChI=1S/C13H20N2O2/c1-3-11(8-9-14)17-13-7-5-4-6-12(13)15-10(2)16/h4-7,11H,3,8-9,14H2,1-2H3,(H,15,16). The van der Waals surface area contributed by atoms with E-state index in [0.29, 0.717) is 18.0 Å². The maximum absolute atomic E-state index is 11.1. The van der Waals surface area contributed by atoms with Gasteiger partial charge in [-0.2, -0.15) is 0 Å². The van der Waals surface area contributed by atoms with Crippen molar-refractivity contribution in [3.05, 3.63) is 24.3 Å². The molecule has 17 heavy (non-hydrogen) atoms. The predicted octanol–water partition coefficient (Wildman–Crippen LogP) is 2.15. The molecule has 1 amide bonds. The fourth-order valence-corrected chi connectivity index (χ4v) is 1.57. The van der Waals surface area contributed by atoms with Crippen LogP contribution in [0, 0.1) is 0 Å². The fourth-order valence-electron chi connectivity index (χ4n) is 1.57. The van der Waals surface area contributed by atoms with Gasteiger partial charge in [-0.25, -0.2) is 0 Å². The summed E-state index contributed by atoms with van der Waals surface area (Å²) in [5.41, 5.74) is 6.23. The Kier molecular flexibility index (Phi) is 5.49. The SMILES string of the molecule is CCC(CCN)Oc1ccccc1NC(C)=O. The highest BCUT2D eigenvalue weighted by atomic mass is 16.5. The molecule has 0 radical (unpaired) electrons. The highest BCUT2D eigenvalue weighted by Gasteiger charge is 2.10. The van der Waals surface area contributed by atoms with Crippen molar-refractivity contribution in [2.45, 2.75) is 32.8 Å². The molecule has 0 saturated heterocycles. The first-order valence-corrected chi connectivity index (χ1v) is 5.90. The third-order valence-corrected chi connectivity index (χ3v) is 2.44. The van der Waals surface area contributed by atoms with Crippen LogP contribution in [-0.2, 0) is 4.79 Å². The highest BCUT2D eigenvalue weighted by Crippen LogP contribution is 2.25. The Labute approximate surface area is 102 Å². The van der Waals surface area contributed by atoms with Crippen LogP contribution in [0.1, 0.15) is 26.7 Å². The quantitative estimate of drug-likeness (QED) is 0.795. The highest BCUT2D eigenvalue weighted by molar-refractivity contribution is 5.90. The second-order valence-electron chi connectivity index (χ2n) is 3.90. The Bertz CT molecular complexity index is 366. The molecule has 3 N–H and O–H groups in total. The minimum Gasteiger partial charge on any atom is -0.488 e. The molecule has 1 rings (SSSR count). The summed E-state index contributed by atoms with van der Waals surface area (Å²) in [5.74, 6) is 0.593. The number of benzene rings is 1. The molecule has 0 aliphatic heterocycles. The van der Waals surface area contributed by atoms with Gasteiger partial charge in [-0.1, -0.05) is 19.1 Å². The number of rotatable bonds is 6. The van der Waals surface area contributed by atoms with Gasteiger partial charge in [-0.3, -0.25) is 4.79 Å². The van der Waals surface area contributed by atoms with Gasteiger partial charge in [-0.15, -0.1) is 0 Å². The molecule has 94 valence electrons. The molecule has 0 fully saturated rings. The van der Waals surface area contributed by atoms with Crippen LogP contribution >= 0.6 is 0 Å². The molecule has 1 unspecified atom stereocenters. The average molecular weight is 236 g/mol. The summed E-state index contributed by atoms with van der Waals surface area (Å²) in [6, 6.07) is 7.42. The van der Waals surface area contributed by atoms with Crippen LogP contribution in [0.2, 0.25) is 0 Å². The Balaban J connectivity index is 2.77. The van der Waals surface area contributed by atoms with E-state index >= 15 is 0 Å². The van der Waals surface area contributed by atoms with Crippen molar-refractivity contribution in [1.82, 2.24) is 0 Å². The number of carbonyl (C=O) groups excluding carboxylic acids is 1. The van der Waals surface area contributed by atoms with Crippen LogP contribution in [0.4, 0.5) is 5.69 Å². The number of ether oxygens (including phenoxy) is 1. The van der Waals surface area contributed by atoms with Crippen LogP contribution in [0.3, 0.4) is 0 Å². The maximum atomic E-state index is 11.1. The van der Waals surface area contributed by atoms with E-state index in [0.717, 1.165) is 12.8 Å². The zero-order valence-corrected chi connectivity index (χ0v) is 10.4. The summed E-state index contributed by atoms with van der Waals surface area (Å²) in [6.45, 7) is 4.14. The van der Waals surface area contributed by atoms with Gasteiger partial charge in [-0.05, 0) is 31.5 Å². The van der Waals surface area contributed by atoms with Gasteiger partial charge in [0.15, 0.2) is 0 Å². The van der Waals surface area contributed by atoms with E-state index in [-0.39, 0.29) is 12.0 Å². The monoisotopic (exact) mass is 236 g/mol. The molecule has 0 aromatic heterocycles. The number of nitrogens with one attached hydrogen (secondary N) is 1. The molecule has 4 nitrogen and oxygen atoms in total. The normalized spacial score (nSPS) is 11.9. The van der Waals surface area contributed by atoms with Crippen LogP contribution in [-0.4, -0.2) is 18.6 Å². The third kappa shape index (κ3) is 4.44. The number of hydrogen-bond acceptors (Lipinski definition) is 3. The Morgan fingerprint density at radius 2 is 2.18 bits per heavy atom. The van der Waals surface area contributed by atoms with Crippen molar-refractivity contribution in [1.29, 1.82) is 0 Å². The summed E-state index contributed by atoms with van der Waals surface area (Å²) >= 11 is 0. The molecule has 1 aromatic rings. The van der Waals surface area contributed by atoms with Gasteiger partial charge in [0.2, 0.25) is 5.91 Å². The van der Waals surface area contributed by atoms with E-state index in [1.807, 2.05) is 24.3 Å². The number of anilines is 1. The molecule has 1 atom stereocenters. The average Bonchev–Trinajstić information content (AvgIpc) is 2.30. The van der Waals surface area contributed by atoms with E-state index in [4.69, 9.17) is 10.5 Å². The summed E-state index contributed by atoms with van der Waals surface area (Å²) in [7, 11) is 0. The van der Waals surface area contributed by atoms with E-state index < -0.39 is 0 Å². The van der Waals surface area contributed by atoms with Gasteiger partial charge in [0.1, 0.15) is 5.75 Å². The molecule has 4 heteroatoms. The van der Waals surface area contributed by atoms with Crippen LogP contribution in [0.25, 0.3) is 0 Å². The fraction of sp³-hybridized carbons (Fsp3) is 0.462. The Hall–Kier alpha value is -1.55. The first-order valence-electron chi connectivity index (χ1n) is 5.90. The Morgan fingerprint density at radius 3 is 2.76 bits per heavy atom. The lowest BCUT2D eigenvalue weighted by Crippen LogP contribution is -2.20. The number of para-hydroxylation sites is 2. The first kappa shape index (κ1) is 13.5.